The Bertz CT molecular complexity index is 623. The second-order valence-corrected chi connectivity index (χ2v) is 6.74. The fourth-order valence-electron chi connectivity index (χ4n) is 2.58. The number of benzene rings is 1. The molecule has 1 heterocycles. The molecule has 124 valence electrons. The zero-order chi connectivity index (χ0) is 16.7. The first-order valence-electron chi connectivity index (χ1n) is 7.91. The highest BCUT2D eigenvalue weighted by molar-refractivity contribution is 7.15. The SMILES string of the molecule is Cc1nc(N)sc1CCCN(CCCc1ccccc1)C(=N)N. The Balaban J connectivity index is 1.75. The number of hydrogen-bond donors (Lipinski definition) is 3. The minimum atomic E-state index is 0.151. The molecule has 0 aliphatic heterocycles. The van der Waals surface area contributed by atoms with Gasteiger partial charge in [0.15, 0.2) is 11.1 Å². The second kappa shape index (κ2) is 8.53. The van der Waals surface area contributed by atoms with Crippen LogP contribution in [0.2, 0.25) is 0 Å². The number of guanidine groups is 1. The van der Waals surface area contributed by atoms with Crippen molar-refractivity contribution in [2.75, 3.05) is 18.8 Å². The molecule has 0 bridgehead atoms. The molecule has 0 radical (unpaired) electrons. The summed E-state index contributed by atoms with van der Waals surface area (Å²) in [4.78, 5) is 7.42. The largest absolute Gasteiger partial charge is 0.375 e. The topological polar surface area (TPSA) is 92.0 Å². The van der Waals surface area contributed by atoms with E-state index in [-0.39, 0.29) is 5.96 Å². The van der Waals surface area contributed by atoms with Crippen molar-refractivity contribution in [3.8, 4) is 0 Å². The first kappa shape index (κ1) is 17.3. The number of nitrogens with two attached hydrogens (primary N) is 2. The maximum absolute atomic E-state index is 7.74. The van der Waals surface area contributed by atoms with Crippen LogP contribution in [-0.2, 0) is 12.8 Å². The van der Waals surface area contributed by atoms with E-state index in [1.54, 1.807) is 11.3 Å². The fourth-order valence-corrected chi connectivity index (χ4v) is 3.46. The number of rotatable bonds is 8. The Kier molecular flexibility index (Phi) is 6.40. The van der Waals surface area contributed by atoms with Gasteiger partial charge in [0.25, 0.3) is 0 Å². The Morgan fingerprint density at radius 3 is 2.39 bits per heavy atom. The molecule has 0 amide bonds. The van der Waals surface area contributed by atoms with Gasteiger partial charge in [0.2, 0.25) is 0 Å². The molecule has 0 atom stereocenters. The summed E-state index contributed by atoms with van der Waals surface area (Å²) in [5.74, 6) is 0.151. The van der Waals surface area contributed by atoms with Gasteiger partial charge in [0.05, 0.1) is 5.69 Å². The Labute approximate surface area is 141 Å². The molecule has 6 heteroatoms. The minimum absolute atomic E-state index is 0.151. The van der Waals surface area contributed by atoms with Gasteiger partial charge in [-0.1, -0.05) is 30.3 Å². The molecular weight excluding hydrogens is 306 g/mol. The van der Waals surface area contributed by atoms with Gasteiger partial charge < -0.3 is 16.4 Å². The van der Waals surface area contributed by atoms with Crippen LogP contribution in [0.5, 0.6) is 0 Å². The molecule has 1 aromatic heterocycles. The molecule has 0 spiro atoms. The number of aryl methyl sites for hydroxylation is 3. The van der Waals surface area contributed by atoms with Gasteiger partial charge in [-0.3, -0.25) is 5.41 Å². The molecule has 0 aliphatic rings. The first-order chi connectivity index (χ1) is 11.1. The second-order valence-electron chi connectivity index (χ2n) is 5.63. The highest BCUT2D eigenvalue weighted by Gasteiger charge is 2.09. The molecule has 1 aromatic carbocycles. The number of anilines is 1. The molecule has 0 unspecified atom stereocenters. The number of hydrogen-bond acceptors (Lipinski definition) is 4. The summed E-state index contributed by atoms with van der Waals surface area (Å²) in [6, 6.07) is 10.4. The van der Waals surface area contributed by atoms with Crippen LogP contribution in [0.3, 0.4) is 0 Å². The van der Waals surface area contributed by atoms with Crippen molar-refractivity contribution in [3.05, 3.63) is 46.5 Å². The average molecular weight is 331 g/mol. The zero-order valence-electron chi connectivity index (χ0n) is 13.6. The van der Waals surface area contributed by atoms with Crippen molar-refractivity contribution in [2.45, 2.75) is 32.6 Å². The van der Waals surface area contributed by atoms with Crippen molar-refractivity contribution in [1.82, 2.24) is 9.88 Å². The molecular formula is C17H25N5S. The molecule has 23 heavy (non-hydrogen) atoms. The van der Waals surface area contributed by atoms with E-state index in [1.165, 1.54) is 10.4 Å². The highest BCUT2D eigenvalue weighted by atomic mass is 32.1. The van der Waals surface area contributed by atoms with E-state index >= 15 is 0 Å². The number of thiazole rings is 1. The van der Waals surface area contributed by atoms with Crippen LogP contribution in [0.25, 0.3) is 0 Å². The van der Waals surface area contributed by atoms with E-state index in [2.05, 4.69) is 29.2 Å². The summed E-state index contributed by atoms with van der Waals surface area (Å²) in [6.07, 6.45) is 3.89. The summed E-state index contributed by atoms with van der Waals surface area (Å²) in [5, 5.41) is 8.37. The van der Waals surface area contributed by atoms with Crippen LogP contribution < -0.4 is 11.5 Å². The third kappa shape index (κ3) is 5.56. The molecule has 5 nitrogen and oxygen atoms in total. The maximum atomic E-state index is 7.74. The van der Waals surface area contributed by atoms with Crippen LogP contribution in [0, 0.1) is 12.3 Å². The Morgan fingerprint density at radius 2 is 1.83 bits per heavy atom. The fraction of sp³-hybridized carbons (Fsp3) is 0.412. The van der Waals surface area contributed by atoms with Crippen LogP contribution in [-0.4, -0.2) is 28.9 Å². The molecule has 0 aliphatic carbocycles. The predicted octanol–water partition coefficient (Wildman–Crippen LogP) is 2.79. The number of aromatic nitrogens is 1. The lowest BCUT2D eigenvalue weighted by Gasteiger charge is -2.22. The normalized spacial score (nSPS) is 10.7. The summed E-state index contributed by atoms with van der Waals surface area (Å²) >= 11 is 1.55. The quantitative estimate of drug-likeness (QED) is 0.512. The molecule has 0 saturated carbocycles. The van der Waals surface area contributed by atoms with Crippen LogP contribution in [0.1, 0.15) is 29.0 Å². The predicted molar refractivity (Wildman–Crippen MR) is 97.8 cm³/mol. The van der Waals surface area contributed by atoms with Gasteiger partial charge in [-0.2, -0.15) is 0 Å². The van der Waals surface area contributed by atoms with Crippen LogP contribution in [0.4, 0.5) is 5.13 Å². The lowest BCUT2D eigenvalue weighted by molar-refractivity contribution is 0.396. The van der Waals surface area contributed by atoms with E-state index in [0.29, 0.717) is 5.13 Å². The summed E-state index contributed by atoms with van der Waals surface area (Å²) in [7, 11) is 0. The number of nitrogen functional groups attached to an aromatic ring is 1. The van der Waals surface area contributed by atoms with Crippen molar-refractivity contribution in [2.24, 2.45) is 5.73 Å². The lowest BCUT2D eigenvalue weighted by atomic mass is 10.1. The van der Waals surface area contributed by atoms with E-state index in [9.17, 15) is 0 Å². The zero-order valence-corrected chi connectivity index (χ0v) is 14.4. The van der Waals surface area contributed by atoms with E-state index in [0.717, 1.165) is 44.5 Å². The lowest BCUT2D eigenvalue weighted by Crippen LogP contribution is -2.38. The summed E-state index contributed by atoms with van der Waals surface area (Å²) < 4.78 is 0. The van der Waals surface area contributed by atoms with Gasteiger partial charge >= 0.3 is 0 Å². The molecule has 2 rings (SSSR count). The van der Waals surface area contributed by atoms with Gasteiger partial charge in [-0.15, -0.1) is 11.3 Å². The monoisotopic (exact) mass is 331 g/mol. The van der Waals surface area contributed by atoms with Crippen molar-refractivity contribution >= 4 is 22.4 Å². The first-order valence-corrected chi connectivity index (χ1v) is 8.72. The van der Waals surface area contributed by atoms with Crippen LogP contribution >= 0.6 is 11.3 Å². The van der Waals surface area contributed by atoms with Gasteiger partial charge in [0.1, 0.15) is 0 Å². The molecule has 5 N–H and O–H groups in total. The van der Waals surface area contributed by atoms with Gasteiger partial charge in [0, 0.05) is 18.0 Å². The standard InChI is InChI=1S/C17H25N5S/c1-13-15(23-17(20)21-13)10-6-12-22(16(18)19)11-5-9-14-7-3-2-4-8-14/h2-4,7-8H,5-6,9-12H2,1H3,(H3,18,19)(H2,20,21). The van der Waals surface area contributed by atoms with E-state index in [4.69, 9.17) is 16.9 Å². The van der Waals surface area contributed by atoms with Gasteiger partial charge in [-0.25, -0.2) is 4.98 Å². The molecule has 0 saturated heterocycles. The Morgan fingerprint density at radius 1 is 1.17 bits per heavy atom. The number of nitrogens with one attached hydrogen (secondary N) is 1. The molecule has 2 aromatic rings. The molecule has 0 fully saturated rings. The highest BCUT2D eigenvalue weighted by Crippen LogP contribution is 2.21. The summed E-state index contributed by atoms with van der Waals surface area (Å²) in [6.45, 7) is 3.60. The summed E-state index contributed by atoms with van der Waals surface area (Å²) in [5.41, 5.74) is 13.8. The van der Waals surface area contributed by atoms with Gasteiger partial charge in [-0.05, 0) is 38.2 Å². The Hall–Kier alpha value is -2.08. The maximum Gasteiger partial charge on any atom is 0.188 e. The van der Waals surface area contributed by atoms with E-state index < -0.39 is 0 Å². The van der Waals surface area contributed by atoms with Crippen molar-refractivity contribution in [1.29, 1.82) is 5.41 Å². The third-order valence-corrected chi connectivity index (χ3v) is 4.86. The average Bonchev–Trinajstić information content (AvgIpc) is 2.84. The van der Waals surface area contributed by atoms with Crippen molar-refractivity contribution in [3.63, 3.8) is 0 Å². The third-order valence-electron chi connectivity index (χ3n) is 3.82. The van der Waals surface area contributed by atoms with Crippen LogP contribution in [0.15, 0.2) is 30.3 Å². The minimum Gasteiger partial charge on any atom is -0.375 e. The van der Waals surface area contributed by atoms with Crippen molar-refractivity contribution < 1.29 is 0 Å². The number of nitrogens with zero attached hydrogens (tertiary/aromatic N) is 2. The van der Waals surface area contributed by atoms with E-state index in [1.807, 2.05) is 17.9 Å². The smallest absolute Gasteiger partial charge is 0.188 e.